The van der Waals surface area contributed by atoms with Crippen LogP contribution in [-0.4, -0.2) is 11.7 Å². The SMILES string of the molecule is CC1=NC(c2ccccc2)NC(c2ccccc2)=N1. The first-order valence-corrected chi connectivity index (χ1v) is 6.33. The van der Waals surface area contributed by atoms with Crippen LogP contribution >= 0.6 is 0 Å². The highest BCUT2D eigenvalue weighted by Crippen LogP contribution is 2.18. The molecule has 3 nitrogen and oxygen atoms in total. The van der Waals surface area contributed by atoms with Gasteiger partial charge in [0.1, 0.15) is 17.8 Å². The van der Waals surface area contributed by atoms with Crippen LogP contribution in [0.25, 0.3) is 0 Å². The predicted molar refractivity (Wildman–Crippen MR) is 78.4 cm³/mol. The zero-order valence-electron chi connectivity index (χ0n) is 10.7. The first-order chi connectivity index (χ1) is 9.33. The summed E-state index contributed by atoms with van der Waals surface area (Å²) in [7, 11) is 0. The number of amidine groups is 2. The normalized spacial score (nSPS) is 18.3. The minimum absolute atomic E-state index is 0.0612. The summed E-state index contributed by atoms with van der Waals surface area (Å²) in [5.41, 5.74) is 2.22. The fourth-order valence-corrected chi connectivity index (χ4v) is 2.11. The minimum atomic E-state index is -0.0612. The van der Waals surface area contributed by atoms with Gasteiger partial charge in [-0.1, -0.05) is 60.7 Å². The first kappa shape index (κ1) is 11.7. The maximum absolute atomic E-state index is 4.55. The van der Waals surface area contributed by atoms with Gasteiger partial charge in [-0.3, -0.25) is 0 Å². The second-order valence-electron chi connectivity index (χ2n) is 4.46. The van der Waals surface area contributed by atoms with E-state index in [0.29, 0.717) is 0 Å². The number of hydrogen-bond acceptors (Lipinski definition) is 3. The Morgan fingerprint density at radius 2 is 1.53 bits per heavy atom. The van der Waals surface area contributed by atoms with Gasteiger partial charge in [-0.15, -0.1) is 0 Å². The van der Waals surface area contributed by atoms with Crippen LogP contribution in [0.2, 0.25) is 0 Å². The second-order valence-corrected chi connectivity index (χ2v) is 4.46. The van der Waals surface area contributed by atoms with Gasteiger partial charge in [-0.25, -0.2) is 9.98 Å². The molecule has 94 valence electrons. The van der Waals surface area contributed by atoms with Crippen molar-refractivity contribution in [3.8, 4) is 0 Å². The zero-order valence-corrected chi connectivity index (χ0v) is 10.7. The third kappa shape index (κ3) is 2.55. The Balaban J connectivity index is 1.92. The molecule has 0 spiro atoms. The van der Waals surface area contributed by atoms with Crippen LogP contribution < -0.4 is 5.32 Å². The molecule has 0 amide bonds. The second kappa shape index (κ2) is 5.06. The standard InChI is InChI=1S/C16H15N3/c1-12-17-15(13-8-4-2-5-9-13)19-16(18-12)14-10-6-3-7-11-14/h2-11,15H,1H3,(H,17,18,19). The molecule has 1 unspecified atom stereocenters. The highest BCUT2D eigenvalue weighted by atomic mass is 15.2. The van der Waals surface area contributed by atoms with E-state index in [-0.39, 0.29) is 6.17 Å². The molecule has 1 aliphatic rings. The van der Waals surface area contributed by atoms with Crippen molar-refractivity contribution < 1.29 is 0 Å². The molecule has 2 aromatic rings. The van der Waals surface area contributed by atoms with Crippen LogP contribution in [0.4, 0.5) is 0 Å². The molecular formula is C16H15N3. The average Bonchev–Trinajstić information content (AvgIpc) is 2.48. The monoisotopic (exact) mass is 249 g/mol. The van der Waals surface area contributed by atoms with Gasteiger partial charge >= 0.3 is 0 Å². The van der Waals surface area contributed by atoms with Gasteiger partial charge in [0, 0.05) is 5.56 Å². The molecule has 0 saturated heterocycles. The van der Waals surface area contributed by atoms with E-state index in [1.165, 1.54) is 0 Å². The summed E-state index contributed by atoms with van der Waals surface area (Å²) < 4.78 is 0. The largest absolute Gasteiger partial charge is 0.344 e. The first-order valence-electron chi connectivity index (χ1n) is 6.33. The minimum Gasteiger partial charge on any atom is -0.344 e. The molecule has 0 saturated carbocycles. The van der Waals surface area contributed by atoms with Crippen LogP contribution in [0.3, 0.4) is 0 Å². The molecule has 0 aliphatic carbocycles. The molecule has 1 N–H and O–H groups in total. The van der Waals surface area contributed by atoms with E-state index in [9.17, 15) is 0 Å². The van der Waals surface area contributed by atoms with Crippen molar-refractivity contribution >= 4 is 11.7 Å². The van der Waals surface area contributed by atoms with Crippen molar-refractivity contribution in [2.45, 2.75) is 13.1 Å². The summed E-state index contributed by atoms with van der Waals surface area (Å²) >= 11 is 0. The van der Waals surface area contributed by atoms with E-state index in [1.54, 1.807) is 0 Å². The molecule has 0 fully saturated rings. The van der Waals surface area contributed by atoms with Crippen LogP contribution in [0, 0.1) is 0 Å². The zero-order chi connectivity index (χ0) is 13.1. The van der Waals surface area contributed by atoms with Gasteiger partial charge in [-0.05, 0) is 12.5 Å². The maximum Gasteiger partial charge on any atom is 0.147 e. The summed E-state index contributed by atoms with van der Waals surface area (Å²) in [4.78, 5) is 9.03. The van der Waals surface area contributed by atoms with Gasteiger partial charge in [0.2, 0.25) is 0 Å². The fraction of sp³-hybridized carbons (Fsp3) is 0.125. The molecular weight excluding hydrogens is 234 g/mol. The van der Waals surface area contributed by atoms with E-state index in [2.05, 4.69) is 27.4 Å². The van der Waals surface area contributed by atoms with Gasteiger partial charge in [0.05, 0.1) is 0 Å². The van der Waals surface area contributed by atoms with Gasteiger partial charge in [0.25, 0.3) is 0 Å². The molecule has 3 heteroatoms. The molecule has 1 atom stereocenters. The highest BCUT2D eigenvalue weighted by Gasteiger charge is 2.17. The predicted octanol–water partition coefficient (Wildman–Crippen LogP) is 3.15. The Hall–Kier alpha value is -2.42. The third-order valence-corrected chi connectivity index (χ3v) is 3.03. The number of nitrogens with zero attached hydrogens (tertiary/aromatic N) is 2. The fourth-order valence-electron chi connectivity index (χ4n) is 2.11. The number of aliphatic imine (C=N–C) groups is 2. The summed E-state index contributed by atoms with van der Waals surface area (Å²) in [6, 6.07) is 20.3. The van der Waals surface area contributed by atoms with Crippen LogP contribution in [0.15, 0.2) is 70.6 Å². The van der Waals surface area contributed by atoms with Gasteiger partial charge in [0.15, 0.2) is 0 Å². The quantitative estimate of drug-likeness (QED) is 0.872. The Morgan fingerprint density at radius 1 is 0.895 bits per heavy atom. The van der Waals surface area contributed by atoms with E-state index in [4.69, 9.17) is 0 Å². The van der Waals surface area contributed by atoms with Crippen LogP contribution in [0.5, 0.6) is 0 Å². The van der Waals surface area contributed by atoms with Gasteiger partial charge < -0.3 is 5.32 Å². The number of benzene rings is 2. The molecule has 3 rings (SSSR count). The lowest BCUT2D eigenvalue weighted by Crippen LogP contribution is -2.32. The van der Waals surface area contributed by atoms with Crippen molar-refractivity contribution in [2.24, 2.45) is 9.98 Å². The molecule has 19 heavy (non-hydrogen) atoms. The van der Waals surface area contributed by atoms with E-state index >= 15 is 0 Å². The van der Waals surface area contributed by atoms with Crippen molar-refractivity contribution in [3.05, 3.63) is 71.8 Å². The van der Waals surface area contributed by atoms with E-state index < -0.39 is 0 Å². The average molecular weight is 249 g/mol. The lowest BCUT2D eigenvalue weighted by molar-refractivity contribution is 0.673. The summed E-state index contributed by atoms with van der Waals surface area (Å²) in [6.07, 6.45) is -0.0612. The van der Waals surface area contributed by atoms with E-state index in [1.807, 2.05) is 55.5 Å². The molecule has 0 bridgehead atoms. The molecule has 1 heterocycles. The number of rotatable bonds is 2. The van der Waals surface area contributed by atoms with E-state index in [0.717, 1.165) is 22.8 Å². The maximum atomic E-state index is 4.55. The summed E-state index contributed by atoms with van der Waals surface area (Å²) in [6.45, 7) is 1.93. The smallest absolute Gasteiger partial charge is 0.147 e. The molecule has 0 aromatic heterocycles. The lowest BCUT2D eigenvalue weighted by atomic mass is 10.1. The highest BCUT2D eigenvalue weighted by molar-refractivity contribution is 6.07. The van der Waals surface area contributed by atoms with Gasteiger partial charge in [-0.2, -0.15) is 0 Å². The third-order valence-electron chi connectivity index (χ3n) is 3.03. The summed E-state index contributed by atoms with van der Waals surface area (Å²) in [5, 5.41) is 3.38. The lowest BCUT2D eigenvalue weighted by Gasteiger charge is -2.22. The summed E-state index contributed by atoms with van der Waals surface area (Å²) in [5.74, 6) is 1.67. The van der Waals surface area contributed by atoms with Crippen molar-refractivity contribution in [3.63, 3.8) is 0 Å². The van der Waals surface area contributed by atoms with Crippen LogP contribution in [-0.2, 0) is 0 Å². The molecule has 0 radical (unpaired) electrons. The Kier molecular flexibility index (Phi) is 3.11. The topological polar surface area (TPSA) is 36.8 Å². The number of nitrogens with one attached hydrogen (secondary N) is 1. The number of hydrogen-bond donors (Lipinski definition) is 1. The van der Waals surface area contributed by atoms with Crippen molar-refractivity contribution in [2.75, 3.05) is 0 Å². The van der Waals surface area contributed by atoms with Crippen LogP contribution in [0.1, 0.15) is 24.2 Å². The van der Waals surface area contributed by atoms with Crippen molar-refractivity contribution in [1.29, 1.82) is 0 Å². The molecule has 1 aliphatic heterocycles. The van der Waals surface area contributed by atoms with Crippen molar-refractivity contribution in [1.82, 2.24) is 5.32 Å². The Labute approximate surface area is 112 Å². The Bertz CT molecular complexity index is 615. The Morgan fingerprint density at radius 3 is 2.21 bits per heavy atom. The molecule has 2 aromatic carbocycles.